The first-order valence-electron chi connectivity index (χ1n) is 7.10. The molecule has 0 spiro atoms. The molecule has 0 saturated heterocycles. The summed E-state index contributed by atoms with van der Waals surface area (Å²) in [6.45, 7) is 8.65. The van der Waals surface area contributed by atoms with Gasteiger partial charge in [0.1, 0.15) is 0 Å². The maximum atomic E-state index is 4.69. The highest BCUT2D eigenvalue weighted by atomic mass is 127. The van der Waals surface area contributed by atoms with Gasteiger partial charge in [0.25, 0.3) is 0 Å². The summed E-state index contributed by atoms with van der Waals surface area (Å²) in [5.41, 5.74) is 4.52. The van der Waals surface area contributed by atoms with Crippen LogP contribution in [0.5, 0.6) is 0 Å². The second-order valence-corrected chi connectivity index (χ2v) is 6.31. The lowest BCUT2D eigenvalue weighted by molar-refractivity contribution is 0.533. The lowest BCUT2D eigenvalue weighted by Crippen LogP contribution is -2.08. The van der Waals surface area contributed by atoms with E-state index >= 15 is 0 Å². The van der Waals surface area contributed by atoms with Crippen molar-refractivity contribution in [1.29, 1.82) is 0 Å². The fourth-order valence-corrected chi connectivity index (χ4v) is 3.13. The van der Waals surface area contributed by atoms with Gasteiger partial charge in [-0.15, -0.1) is 0 Å². The Morgan fingerprint density at radius 3 is 2.42 bits per heavy atom. The molecule has 0 radical (unpaired) electrons. The number of nitrogens with zero attached hydrogens (tertiary/aromatic N) is 3. The zero-order chi connectivity index (χ0) is 14.0. The third-order valence-corrected chi connectivity index (χ3v) is 4.80. The van der Waals surface area contributed by atoms with Gasteiger partial charge in [0.15, 0.2) is 5.65 Å². The summed E-state index contributed by atoms with van der Waals surface area (Å²) in [4.78, 5) is 4.65. The van der Waals surface area contributed by atoms with Crippen LogP contribution in [-0.2, 0) is 0 Å². The largest absolute Gasteiger partial charge is 0.233 e. The molecule has 2 aromatic rings. The van der Waals surface area contributed by atoms with E-state index in [0.717, 1.165) is 17.0 Å². The van der Waals surface area contributed by atoms with Crippen molar-refractivity contribution < 1.29 is 0 Å². The van der Waals surface area contributed by atoms with E-state index in [2.05, 4.69) is 71.0 Å². The van der Waals surface area contributed by atoms with Crippen LogP contribution in [0.15, 0.2) is 6.07 Å². The SMILES string of the molecule is CCCC(CCC)c1cc(C)nc2c(I)c(C)nn12. The summed E-state index contributed by atoms with van der Waals surface area (Å²) >= 11 is 2.35. The molecule has 0 aliphatic carbocycles. The third kappa shape index (κ3) is 2.93. The molecule has 0 fully saturated rings. The average Bonchev–Trinajstić information content (AvgIpc) is 2.65. The lowest BCUT2D eigenvalue weighted by Gasteiger charge is -2.17. The summed E-state index contributed by atoms with van der Waals surface area (Å²) in [7, 11) is 0. The first kappa shape index (κ1) is 14.8. The summed E-state index contributed by atoms with van der Waals surface area (Å²) in [5.74, 6) is 0.592. The predicted molar refractivity (Wildman–Crippen MR) is 87.7 cm³/mol. The minimum absolute atomic E-state index is 0.592. The van der Waals surface area contributed by atoms with E-state index in [1.54, 1.807) is 0 Å². The molecule has 19 heavy (non-hydrogen) atoms. The van der Waals surface area contributed by atoms with Gasteiger partial charge >= 0.3 is 0 Å². The highest BCUT2D eigenvalue weighted by Crippen LogP contribution is 2.28. The molecule has 2 rings (SSSR count). The molecule has 3 nitrogen and oxygen atoms in total. The van der Waals surface area contributed by atoms with E-state index in [1.165, 1.54) is 34.9 Å². The number of fused-ring (bicyclic) bond motifs is 1. The number of halogens is 1. The monoisotopic (exact) mass is 371 g/mol. The lowest BCUT2D eigenvalue weighted by atomic mass is 9.94. The van der Waals surface area contributed by atoms with E-state index in [1.807, 2.05) is 0 Å². The fourth-order valence-electron chi connectivity index (χ4n) is 2.67. The Kier molecular flexibility index (Phi) is 4.81. The first-order valence-corrected chi connectivity index (χ1v) is 8.18. The van der Waals surface area contributed by atoms with Crippen LogP contribution < -0.4 is 0 Å². The van der Waals surface area contributed by atoms with Gasteiger partial charge in [-0.2, -0.15) is 5.10 Å². The van der Waals surface area contributed by atoms with Crippen LogP contribution in [0.25, 0.3) is 5.65 Å². The van der Waals surface area contributed by atoms with Gasteiger partial charge in [0, 0.05) is 17.3 Å². The number of aryl methyl sites for hydroxylation is 2. The van der Waals surface area contributed by atoms with Crippen molar-refractivity contribution in [3.63, 3.8) is 0 Å². The van der Waals surface area contributed by atoms with E-state index in [9.17, 15) is 0 Å². The average molecular weight is 371 g/mol. The summed E-state index contributed by atoms with van der Waals surface area (Å²) < 4.78 is 3.24. The van der Waals surface area contributed by atoms with Gasteiger partial charge in [-0.05, 0) is 55.3 Å². The molecule has 104 valence electrons. The maximum Gasteiger partial charge on any atom is 0.169 e. The number of hydrogen-bond donors (Lipinski definition) is 0. The quantitative estimate of drug-likeness (QED) is 0.717. The molecule has 0 atom stereocenters. The van der Waals surface area contributed by atoms with Crippen molar-refractivity contribution in [3.05, 3.63) is 26.7 Å². The van der Waals surface area contributed by atoms with Crippen LogP contribution in [0.3, 0.4) is 0 Å². The molecule has 0 N–H and O–H groups in total. The Morgan fingerprint density at radius 1 is 1.21 bits per heavy atom. The predicted octanol–water partition coefficient (Wildman–Crippen LogP) is 4.63. The first-order chi connectivity index (χ1) is 9.08. The van der Waals surface area contributed by atoms with Crippen molar-refractivity contribution >= 4 is 28.2 Å². The minimum Gasteiger partial charge on any atom is -0.233 e. The smallest absolute Gasteiger partial charge is 0.169 e. The van der Waals surface area contributed by atoms with Crippen LogP contribution in [0.4, 0.5) is 0 Å². The Morgan fingerprint density at radius 2 is 1.84 bits per heavy atom. The second-order valence-electron chi connectivity index (χ2n) is 5.23. The highest BCUT2D eigenvalue weighted by molar-refractivity contribution is 14.1. The number of rotatable bonds is 5. The minimum atomic E-state index is 0.592. The van der Waals surface area contributed by atoms with Crippen molar-refractivity contribution in [2.45, 2.75) is 59.3 Å². The topological polar surface area (TPSA) is 30.2 Å². The summed E-state index contributed by atoms with van der Waals surface area (Å²) in [6.07, 6.45) is 4.87. The molecule has 0 bridgehead atoms. The molecule has 0 aliphatic heterocycles. The van der Waals surface area contributed by atoms with Crippen molar-refractivity contribution in [2.75, 3.05) is 0 Å². The Bertz CT molecular complexity index is 568. The number of aromatic nitrogens is 3. The molecule has 0 aliphatic rings. The zero-order valence-corrected chi connectivity index (χ0v) is 14.4. The van der Waals surface area contributed by atoms with Crippen molar-refractivity contribution in [1.82, 2.24) is 14.6 Å². The molecule has 0 unspecified atom stereocenters. The third-order valence-electron chi connectivity index (χ3n) is 3.54. The second kappa shape index (κ2) is 6.20. The normalized spacial score (nSPS) is 11.7. The molecular weight excluding hydrogens is 349 g/mol. The Hall–Kier alpha value is -0.650. The molecule has 0 amide bonds. The van der Waals surface area contributed by atoms with Crippen LogP contribution >= 0.6 is 22.6 Å². The summed E-state index contributed by atoms with van der Waals surface area (Å²) in [6, 6.07) is 2.21. The van der Waals surface area contributed by atoms with Crippen molar-refractivity contribution in [2.24, 2.45) is 0 Å². The van der Waals surface area contributed by atoms with Gasteiger partial charge < -0.3 is 0 Å². The van der Waals surface area contributed by atoms with E-state index in [0.29, 0.717) is 5.92 Å². The van der Waals surface area contributed by atoms with Crippen LogP contribution in [-0.4, -0.2) is 14.6 Å². The zero-order valence-electron chi connectivity index (χ0n) is 12.2. The number of hydrogen-bond acceptors (Lipinski definition) is 2. The van der Waals surface area contributed by atoms with Gasteiger partial charge in [-0.3, -0.25) is 0 Å². The Balaban J connectivity index is 2.60. The van der Waals surface area contributed by atoms with E-state index in [4.69, 9.17) is 0 Å². The van der Waals surface area contributed by atoms with Crippen LogP contribution in [0, 0.1) is 17.4 Å². The molecule has 2 aromatic heterocycles. The van der Waals surface area contributed by atoms with Gasteiger partial charge in [0.05, 0.1) is 9.26 Å². The highest BCUT2D eigenvalue weighted by Gasteiger charge is 2.18. The fraction of sp³-hybridized carbons (Fsp3) is 0.600. The van der Waals surface area contributed by atoms with E-state index < -0.39 is 0 Å². The standard InChI is InChI=1S/C15H22IN3/c1-5-7-12(8-6-2)13-9-10(3)17-15-14(16)11(4)18-19(13)15/h9,12H,5-8H2,1-4H3. The molecule has 2 heterocycles. The van der Waals surface area contributed by atoms with E-state index in [-0.39, 0.29) is 0 Å². The maximum absolute atomic E-state index is 4.69. The van der Waals surface area contributed by atoms with Crippen LogP contribution in [0.1, 0.15) is 62.5 Å². The Labute approximate surface area is 129 Å². The molecular formula is C15H22IN3. The molecule has 0 saturated carbocycles. The van der Waals surface area contributed by atoms with Gasteiger partial charge in [-0.1, -0.05) is 26.7 Å². The van der Waals surface area contributed by atoms with Crippen LogP contribution in [0.2, 0.25) is 0 Å². The van der Waals surface area contributed by atoms with Crippen molar-refractivity contribution in [3.8, 4) is 0 Å². The summed E-state index contributed by atoms with van der Waals surface area (Å²) in [5, 5.41) is 4.69. The van der Waals surface area contributed by atoms with Gasteiger partial charge in [-0.25, -0.2) is 9.50 Å². The molecule has 4 heteroatoms. The van der Waals surface area contributed by atoms with Gasteiger partial charge in [0.2, 0.25) is 0 Å². The molecule has 0 aromatic carbocycles.